The van der Waals surface area contributed by atoms with Crippen molar-refractivity contribution in [2.45, 2.75) is 23.0 Å². The summed E-state index contributed by atoms with van der Waals surface area (Å²) in [6.07, 6.45) is 0. The number of nitrogens with zero attached hydrogens (tertiary/aromatic N) is 1. The normalized spacial score (nSPS) is 10.7. The summed E-state index contributed by atoms with van der Waals surface area (Å²) >= 11 is 7.86. The summed E-state index contributed by atoms with van der Waals surface area (Å²) in [5, 5.41) is 1.05. The fraction of sp³-hybridized carbons (Fsp3) is 0.250. The molecule has 84 valence electrons. The Morgan fingerprint density at radius 3 is 2.50 bits per heavy atom. The summed E-state index contributed by atoms with van der Waals surface area (Å²) in [5.74, 6) is 1.11. The first-order chi connectivity index (χ1) is 7.70. The largest absolute Gasteiger partial charge is 0.240 e. The van der Waals surface area contributed by atoms with E-state index in [1.54, 1.807) is 11.3 Å². The predicted octanol–water partition coefficient (Wildman–Crippen LogP) is 4.52. The summed E-state index contributed by atoms with van der Waals surface area (Å²) in [6, 6.07) is 8.56. The molecule has 16 heavy (non-hydrogen) atoms. The first kappa shape index (κ1) is 12.0. The number of thiol groups is 1. The van der Waals surface area contributed by atoms with Crippen molar-refractivity contribution >= 4 is 35.7 Å². The maximum atomic E-state index is 4.49. The molecule has 0 spiro atoms. The van der Waals surface area contributed by atoms with E-state index in [4.69, 9.17) is 0 Å². The van der Waals surface area contributed by atoms with E-state index < -0.39 is 0 Å². The van der Waals surface area contributed by atoms with Gasteiger partial charge in [0.05, 0.1) is 9.90 Å². The van der Waals surface area contributed by atoms with Gasteiger partial charge in [-0.2, -0.15) is 0 Å². The van der Waals surface area contributed by atoms with E-state index in [2.05, 4.69) is 48.8 Å². The van der Waals surface area contributed by atoms with Crippen molar-refractivity contribution in [1.82, 2.24) is 4.98 Å². The zero-order valence-electron chi connectivity index (χ0n) is 9.23. The van der Waals surface area contributed by atoms with E-state index in [-0.39, 0.29) is 0 Å². The second-order valence-electron chi connectivity index (χ2n) is 3.37. The van der Waals surface area contributed by atoms with Crippen molar-refractivity contribution in [3.63, 3.8) is 0 Å². The monoisotopic (exact) mass is 267 g/mol. The molecule has 0 atom stereocenters. The molecular weight excluding hydrogens is 254 g/mol. The SMILES string of the molecule is CCSc1ccc(-c2nc(C)c(S)s2)cc1. The van der Waals surface area contributed by atoms with Gasteiger partial charge in [0, 0.05) is 10.5 Å². The maximum Gasteiger partial charge on any atom is 0.124 e. The van der Waals surface area contributed by atoms with Gasteiger partial charge >= 0.3 is 0 Å². The molecule has 1 aromatic heterocycles. The van der Waals surface area contributed by atoms with Crippen LogP contribution in [-0.4, -0.2) is 10.7 Å². The average Bonchev–Trinajstić information content (AvgIpc) is 2.61. The lowest BCUT2D eigenvalue weighted by atomic mass is 10.2. The van der Waals surface area contributed by atoms with E-state index >= 15 is 0 Å². The molecule has 1 heterocycles. The quantitative estimate of drug-likeness (QED) is 0.648. The minimum atomic E-state index is 1.00. The third kappa shape index (κ3) is 2.62. The lowest BCUT2D eigenvalue weighted by molar-refractivity contribution is 1.21. The Morgan fingerprint density at radius 1 is 1.31 bits per heavy atom. The summed E-state index contributed by atoms with van der Waals surface area (Å²) in [7, 11) is 0. The number of thiazole rings is 1. The Morgan fingerprint density at radius 2 is 2.00 bits per heavy atom. The van der Waals surface area contributed by atoms with Gasteiger partial charge in [-0.25, -0.2) is 4.98 Å². The lowest BCUT2D eigenvalue weighted by Gasteiger charge is -1.99. The topological polar surface area (TPSA) is 12.9 Å². The van der Waals surface area contributed by atoms with E-state index in [1.165, 1.54) is 10.5 Å². The number of benzene rings is 1. The van der Waals surface area contributed by atoms with Crippen LogP contribution < -0.4 is 0 Å². The Balaban J connectivity index is 2.27. The van der Waals surface area contributed by atoms with Crippen LogP contribution in [-0.2, 0) is 0 Å². The highest BCUT2D eigenvalue weighted by Gasteiger charge is 2.06. The van der Waals surface area contributed by atoms with Crippen LogP contribution in [0.3, 0.4) is 0 Å². The fourth-order valence-corrected chi connectivity index (χ4v) is 3.16. The summed E-state index contributed by atoms with van der Waals surface area (Å²) in [5.41, 5.74) is 2.18. The van der Waals surface area contributed by atoms with Gasteiger partial charge in [-0.15, -0.1) is 35.7 Å². The van der Waals surface area contributed by atoms with E-state index in [0.29, 0.717) is 0 Å². The molecule has 0 amide bonds. The molecule has 0 aliphatic rings. The van der Waals surface area contributed by atoms with Crippen molar-refractivity contribution < 1.29 is 0 Å². The Bertz CT molecular complexity index is 454. The van der Waals surface area contributed by atoms with Crippen LogP contribution in [0.1, 0.15) is 12.6 Å². The molecule has 2 aromatic rings. The minimum Gasteiger partial charge on any atom is -0.240 e. The fourth-order valence-electron chi connectivity index (χ4n) is 1.37. The zero-order chi connectivity index (χ0) is 11.5. The van der Waals surface area contributed by atoms with Gasteiger partial charge in [0.1, 0.15) is 5.01 Å². The van der Waals surface area contributed by atoms with Crippen molar-refractivity contribution in [1.29, 1.82) is 0 Å². The van der Waals surface area contributed by atoms with Crippen molar-refractivity contribution in [2.75, 3.05) is 5.75 Å². The molecule has 0 radical (unpaired) electrons. The van der Waals surface area contributed by atoms with Gasteiger partial charge in [-0.1, -0.05) is 19.1 Å². The first-order valence-corrected chi connectivity index (χ1v) is 7.35. The molecule has 0 saturated carbocycles. The maximum absolute atomic E-state index is 4.49. The van der Waals surface area contributed by atoms with Crippen LogP contribution in [0.25, 0.3) is 10.6 Å². The molecule has 0 N–H and O–H groups in total. The van der Waals surface area contributed by atoms with Crippen LogP contribution in [0.5, 0.6) is 0 Å². The second-order valence-corrected chi connectivity index (χ2v) is 6.45. The second kappa shape index (κ2) is 5.25. The molecule has 4 heteroatoms. The molecule has 1 nitrogen and oxygen atoms in total. The number of aryl methyl sites for hydroxylation is 1. The molecule has 2 rings (SSSR count). The van der Waals surface area contributed by atoms with Crippen LogP contribution in [0.4, 0.5) is 0 Å². The van der Waals surface area contributed by atoms with Gasteiger partial charge in [-0.05, 0) is 24.8 Å². The zero-order valence-corrected chi connectivity index (χ0v) is 11.8. The van der Waals surface area contributed by atoms with Crippen molar-refractivity contribution in [2.24, 2.45) is 0 Å². The summed E-state index contributed by atoms with van der Waals surface area (Å²) < 4.78 is 1.00. The molecular formula is C12H13NS3. The number of hydrogen-bond donors (Lipinski definition) is 1. The Hall–Kier alpha value is -0.450. The number of thioether (sulfide) groups is 1. The summed E-state index contributed by atoms with van der Waals surface area (Å²) in [6.45, 7) is 4.15. The van der Waals surface area contributed by atoms with E-state index in [0.717, 1.165) is 20.7 Å². The highest BCUT2D eigenvalue weighted by atomic mass is 32.2. The molecule has 0 bridgehead atoms. The van der Waals surface area contributed by atoms with Crippen LogP contribution >= 0.6 is 35.7 Å². The number of hydrogen-bond acceptors (Lipinski definition) is 4. The van der Waals surface area contributed by atoms with Gasteiger partial charge in [0.25, 0.3) is 0 Å². The van der Waals surface area contributed by atoms with Gasteiger partial charge in [0.15, 0.2) is 0 Å². The highest BCUT2D eigenvalue weighted by molar-refractivity contribution is 7.99. The van der Waals surface area contributed by atoms with Crippen LogP contribution in [0, 0.1) is 6.92 Å². The standard InChI is InChI=1S/C12H13NS3/c1-3-15-10-6-4-9(5-7-10)11-13-8(2)12(14)16-11/h4-7,14H,3H2,1-2H3. The molecule has 0 fully saturated rings. The van der Waals surface area contributed by atoms with Gasteiger partial charge < -0.3 is 0 Å². The third-order valence-electron chi connectivity index (χ3n) is 2.18. The number of aromatic nitrogens is 1. The van der Waals surface area contributed by atoms with Crippen LogP contribution in [0.15, 0.2) is 33.4 Å². The third-order valence-corrected chi connectivity index (χ3v) is 4.69. The van der Waals surface area contributed by atoms with Crippen molar-refractivity contribution in [3.8, 4) is 10.6 Å². The molecule has 0 aliphatic carbocycles. The van der Waals surface area contributed by atoms with Crippen LogP contribution in [0.2, 0.25) is 0 Å². The minimum absolute atomic E-state index is 1.00. The lowest BCUT2D eigenvalue weighted by Crippen LogP contribution is -1.78. The van der Waals surface area contributed by atoms with E-state index in [1.807, 2.05) is 18.7 Å². The highest BCUT2D eigenvalue weighted by Crippen LogP contribution is 2.31. The van der Waals surface area contributed by atoms with Gasteiger partial charge in [0.2, 0.25) is 0 Å². The van der Waals surface area contributed by atoms with Crippen molar-refractivity contribution in [3.05, 3.63) is 30.0 Å². The van der Waals surface area contributed by atoms with Gasteiger partial charge in [-0.3, -0.25) is 0 Å². The molecule has 0 saturated heterocycles. The predicted molar refractivity (Wildman–Crippen MR) is 75.9 cm³/mol. The molecule has 0 unspecified atom stereocenters. The molecule has 1 aromatic carbocycles. The summed E-state index contributed by atoms with van der Waals surface area (Å²) in [4.78, 5) is 5.80. The Labute approximate surface area is 110 Å². The molecule has 0 aliphatic heterocycles. The Kier molecular flexibility index (Phi) is 3.95. The number of rotatable bonds is 3. The first-order valence-electron chi connectivity index (χ1n) is 5.10. The smallest absolute Gasteiger partial charge is 0.124 e. The van der Waals surface area contributed by atoms with E-state index in [9.17, 15) is 0 Å². The average molecular weight is 267 g/mol.